The molecule has 0 radical (unpaired) electrons. The molecule has 0 aliphatic carbocycles. The summed E-state index contributed by atoms with van der Waals surface area (Å²) in [6.07, 6.45) is 0.698. The van der Waals surface area contributed by atoms with Gasteiger partial charge in [0.25, 0.3) is 5.91 Å². The van der Waals surface area contributed by atoms with Crippen LogP contribution in [0, 0.1) is 0 Å². The standard InChI is InChI=1S/C21H25NO3/c1-21(2,3)25-19(23)15-18(14-16-10-6-4-7-11-16)22-20(24)17-12-8-5-9-13-17/h4-13,18H,14-15H2,1-3H3,(H,22,24)/t18-/m1/s1. The molecule has 0 saturated carbocycles. The molecule has 1 amide bonds. The molecule has 0 aromatic heterocycles. The Bertz CT molecular complexity index is 690. The molecule has 2 aromatic rings. The van der Waals surface area contributed by atoms with Gasteiger partial charge < -0.3 is 10.1 Å². The third kappa shape index (κ3) is 6.79. The summed E-state index contributed by atoms with van der Waals surface area (Å²) in [5.41, 5.74) is 1.09. The number of carbonyl (C=O) groups is 2. The van der Waals surface area contributed by atoms with Gasteiger partial charge in [-0.25, -0.2) is 0 Å². The first-order valence-corrected chi connectivity index (χ1v) is 8.45. The van der Waals surface area contributed by atoms with Crippen LogP contribution < -0.4 is 5.32 Å². The number of rotatable bonds is 6. The van der Waals surface area contributed by atoms with Gasteiger partial charge in [0.15, 0.2) is 0 Å². The van der Waals surface area contributed by atoms with Crippen LogP contribution in [-0.2, 0) is 16.0 Å². The van der Waals surface area contributed by atoms with Crippen LogP contribution in [0.1, 0.15) is 43.1 Å². The Morgan fingerprint density at radius 1 is 0.960 bits per heavy atom. The first kappa shape index (κ1) is 18.7. The lowest BCUT2D eigenvalue weighted by Crippen LogP contribution is -2.39. The van der Waals surface area contributed by atoms with E-state index in [9.17, 15) is 9.59 Å². The predicted molar refractivity (Wildman–Crippen MR) is 98.3 cm³/mol. The maximum Gasteiger partial charge on any atom is 0.308 e. The van der Waals surface area contributed by atoms with Crippen LogP contribution in [0.3, 0.4) is 0 Å². The third-order valence-electron chi connectivity index (χ3n) is 3.53. The van der Waals surface area contributed by atoms with Gasteiger partial charge in [0.05, 0.1) is 6.42 Å². The van der Waals surface area contributed by atoms with Gasteiger partial charge in [0.2, 0.25) is 0 Å². The topological polar surface area (TPSA) is 55.4 Å². The molecular formula is C21H25NO3. The molecule has 1 atom stereocenters. The van der Waals surface area contributed by atoms with E-state index in [-0.39, 0.29) is 24.3 Å². The number of hydrogen-bond acceptors (Lipinski definition) is 3. The van der Waals surface area contributed by atoms with E-state index in [1.165, 1.54) is 0 Å². The van der Waals surface area contributed by atoms with Crippen molar-refractivity contribution < 1.29 is 14.3 Å². The zero-order chi connectivity index (χ0) is 18.3. The average Bonchev–Trinajstić information content (AvgIpc) is 2.54. The van der Waals surface area contributed by atoms with E-state index in [0.29, 0.717) is 12.0 Å². The summed E-state index contributed by atoms with van der Waals surface area (Å²) in [6.45, 7) is 5.50. The summed E-state index contributed by atoms with van der Waals surface area (Å²) in [5, 5.41) is 2.96. The second kappa shape index (κ2) is 8.47. The minimum Gasteiger partial charge on any atom is -0.460 e. The Morgan fingerprint density at radius 3 is 2.08 bits per heavy atom. The van der Waals surface area contributed by atoms with Crippen molar-refractivity contribution in [2.24, 2.45) is 0 Å². The highest BCUT2D eigenvalue weighted by molar-refractivity contribution is 5.94. The highest BCUT2D eigenvalue weighted by atomic mass is 16.6. The van der Waals surface area contributed by atoms with Crippen molar-refractivity contribution in [3.8, 4) is 0 Å². The summed E-state index contributed by atoms with van der Waals surface area (Å²) in [6, 6.07) is 18.5. The summed E-state index contributed by atoms with van der Waals surface area (Å²) < 4.78 is 5.40. The smallest absolute Gasteiger partial charge is 0.308 e. The fourth-order valence-corrected chi connectivity index (χ4v) is 2.52. The highest BCUT2D eigenvalue weighted by Gasteiger charge is 2.22. The van der Waals surface area contributed by atoms with E-state index in [2.05, 4.69) is 5.32 Å². The van der Waals surface area contributed by atoms with Crippen molar-refractivity contribution in [3.63, 3.8) is 0 Å². The molecule has 1 N–H and O–H groups in total. The van der Waals surface area contributed by atoms with Crippen LogP contribution in [0.5, 0.6) is 0 Å². The fourth-order valence-electron chi connectivity index (χ4n) is 2.52. The average molecular weight is 339 g/mol. The number of hydrogen-bond donors (Lipinski definition) is 1. The maximum absolute atomic E-state index is 12.4. The van der Waals surface area contributed by atoms with Crippen molar-refractivity contribution in [2.75, 3.05) is 0 Å². The Balaban J connectivity index is 2.08. The minimum absolute atomic E-state index is 0.130. The summed E-state index contributed by atoms with van der Waals surface area (Å²) >= 11 is 0. The van der Waals surface area contributed by atoms with E-state index in [1.807, 2.05) is 69.3 Å². The van der Waals surface area contributed by atoms with Crippen LogP contribution in [0.15, 0.2) is 60.7 Å². The Morgan fingerprint density at radius 2 is 1.52 bits per heavy atom. The van der Waals surface area contributed by atoms with Gasteiger partial charge in [0.1, 0.15) is 5.60 Å². The predicted octanol–water partition coefficient (Wildman–Crippen LogP) is 3.76. The van der Waals surface area contributed by atoms with Crippen LogP contribution in [0.4, 0.5) is 0 Å². The molecule has 0 spiro atoms. The lowest BCUT2D eigenvalue weighted by atomic mass is 10.0. The maximum atomic E-state index is 12.4. The molecule has 2 aromatic carbocycles. The van der Waals surface area contributed by atoms with E-state index in [0.717, 1.165) is 5.56 Å². The molecule has 4 nitrogen and oxygen atoms in total. The molecule has 0 fully saturated rings. The highest BCUT2D eigenvalue weighted by Crippen LogP contribution is 2.13. The molecule has 0 aliphatic heterocycles. The minimum atomic E-state index is -0.544. The quantitative estimate of drug-likeness (QED) is 0.815. The molecule has 0 unspecified atom stereocenters. The zero-order valence-corrected chi connectivity index (χ0v) is 15.0. The lowest BCUT2D eigenvalue weighted by molar-refractivity contribution is -0.155. The molecule has 132 valence electrons. The molecule has 25 heavy (non-hydrogen) atoms. The Kier molecular flexibility index (Phi) is 6.34. The third-order valence-corrected chi connectivity index (χ3v) is 3.53. The van der Waals surface area contributed by atoms with Gasteiger partial charge in [0, 0.05) is 11.6 Å². The van der Waals surface area contributed by atoms with E-state index >= 15 is 0 Å². The first-order chi connectivity index (χ1) is 11.8. The van der Waals surface area contributed by atoms with Gasteiger partial charge in [-0.3, -0.25) is 9.59 Å². The van der Waals surface area contributed by atoms with Crippen molar-refractivity contribution in [3.05, 3.63) is 71.8 Å². The van der Waals surface area contributed by atoms with Crippen LogP contribution in [0.25, 0.3) is 0 Å². The van der Waals surface area contributed by atoms with Crippen molar-refractivity contribution in [1.29, 1.82) is 0 Å². The Labute approximate surface area is 149 Å². The Hall–Kier alpha value is -2.62. The second-order valence-corrected chi connectivity index (χ2v) is 7.02. The van der Waals surface area contributed by atoms with Crippen molar-refractivity contribution in [2.45, 2.75) is 45.3 Å². The van der Waals surface area contributed by atoms with Crippen LogP contribution in [-0.4, -0.2) is 23.5 Å². The van der Waals surface area contributed by atoms with Gasteiger partial charge in [-0.2, -0.15) is 0 Å². The van der Waals surface area contributed by atoms with Crippen molar-refractivity contribution >= 4 is 11.9 Å². The first-order valence-electron chi connectivity index (χ1n) is 8.45. The molecule has 0 bridgehead atoms. The number of esters is 1. The number of amides is 1. The second-order valence-electron chi connectivity index (χ2n) is 7.02. The molecule has 0 aliphatic rings. The number of ether oxygens (including phenoxy) is 1. The van der Waals surface area contributed by atoms with Crippen LogP contribution in [0.2, 0.25) is 0 Å². The molecule has 4 heteroatoms. The van der Waals surface area contributed by atoms with Crippen LogP contribution >= 0.6 is 0 Å². The zero-order valence-electron chi connectivity index (χ0n) is 15.0. The summed E-state index contributed by atoms with van der Waals surface area (Å²) in [4.78, 5) is 24.7. The van der Waals surface area contributed by atoms with Gasteiger partial charge in [-0.1, -0.05) is 48.5 Å². The summed E-state index contributed by atoms with van der Waals surface area (Å²) in [7, 11) is 0. The number of carbonyl (C=O) groups excluding carboxylic acids is 2. The molecule has 2 rings (SSSR count). The van der Waals surface area contributed by atoms with E-state index in [4.69, 9.17) is 4.74 Å². The van der Waals surface area contributed by atoms with Gasteiger partial charge >= 0.3 is 5.97 Å². The number of nitrogens with one attached hydrogen (secondary N) is 1. The van der Waals surface area contributed by atoms with Gasteiger partial charge in [-0.05, 0) is 44.9 Å². The SMILES string of the molecule is CC(C)(C)OC(=O)C[C@@H](Cc1ccccc1)NC(=O)c1ccccc1. The number of benzene rings is 2. The lowest BCUT2D eigenvalue weighted by Gasteiger charge is -2.23. The van der Waals surface area contributed by atoms with Crippen molar-refractivity contribution in [1.82, 2.24) is 5.32 Å². The largest absolute Gasteiger partial charge is 0.460 e. The van der Waals surface area contributed by atoms with E-state index < -0.39 is 5.60 Å². The van der Waals surface area contributed by atoms with Gasteiger partial charge in [-0.15, -0.1) is 0 Å². The normalized spacial score (nSPS) is 12.3. The summed E-state index contributed by atoms with van der Waals surface area (Å²) in [5.74, 6) is -0.508. The van der Waals surface area contributed by atoms with E-state index in [1.54, 1.807) is 12.1 Å². The fraction of sp³-hybridized carbons (Fsp3) is 0.333. The molecule has 0 heterocycles. The molecular weight excluding hydrogens is 314 g/mol. The monoisotopic (exact) mass is 339 g/mol. The molecule has 0 saturated heterocycles.